The standard InChI is InChI=1S/C24H26FN3O4S/c1-30-20-6-4-16(12-18(20)25)14-27-8-10-28(11-9-27)24(29)19-15-33-23(26-19)17-5-7-21(31-2)22(13-17)32-3/h4-7,12-13,15H,8-11,14H2,1-3H3. The summed E-state index contributed by atoms with van der Waals surface area (Å²) in [6, 6.07) is 10.6. The molecule has 2 aromatic carbocycles. The van der Waals surface area contributed by atoms with E-state index < -0.39 is 0 Å². The van der Waals surface area contributed by atoms with Crippen LogP contribution in [0.25, 0.3) is 10.6 Å². The van der Waals surface area contributed by atoms with Gasteiger partial charge in [-0.15, -0.1) is 11.3 Å². The van der Waals surface area contributed by atoms with E-state index in [1.807, 2.05) is 29.2 Å². The Labute approximate surface area is 196 Å². The molecular weight excluding hydrogens is 445 g/mol. The smallest absolute Gasteiger partial charge is 0.273 e. The highest BCUT2D eigenvalue weighted by Crippen LogP contribution is 2.33. The fourth-order valence-corrected chi connectivity index (χ4v) is 4.60. The molecule has 174 valence electrons. The van der Waals surface area contributed by atoms with Crippen LogP contribution in [0.15, 0.2) is 41.8 Å². The van der Waals surface area contributed by atoms with Crippen LogP contribution in [0.1, 0.15) is 16.1 Å². The number of ether oxygens (including phenoxy) is 3. The van der Waals surface area contributed by atoms with E-state index in [2.05, 4.69) is 9.88 Å². The van der Waals surface area contributed by atoms with E-state index in [9.17, 15) is 9.18 Å². The van der Waals surface area contributed by atoms with Crippen molar-refractivity contribution in [3.63, 3.8) is 0 Å². The molecule has 0 atom stereocenters. The Balaban J connectivity index is 1.36. The number of amides is 1. The van der Waals surface area contributed by atoms with E-state index in [1.165, 1.54) is 24.5 Å². The zero-order valence-corrected chi connectivity index (χ0v) is 19.7. The number of thiazole rings is 1. The zero-order chi connectivity index (χ0) is 23.4. The molecule has 0 aliphatic carbocycles. The largest absolute Gasteiger partial charge is 0.494 e. The zero-order valence-electron chi connectivity index (χ0n) is 18.8. The summed E-state index contributed by atoms with van der Waals surface area (Å²) in [4.78, 5) is 21.6. The lowest BCUT2D eigenvalue weighted by Gasteiger charge is -2.34. The first-order valence-corrected chi connectivity index (χ1v) is 11.4. The predicted octanol–water partition coefficient (Wildman–Crippen LogP) is 3.93. The van der Waals surface area contributed by atoms with Gasteiger partial charge in [-0.25, -0.2) is 9.37 Å². The van der Waals surface area contributed by atoms with Crippen molar-refractivity contribution < 1.29 is 23.4 Å². The summed E-state index contributed by atoms with van der Waals surface area (Å²) in [5, 5.41) is 2.54. The maximum absolute atomic E-state index is 13.9. The van der Waals surface area contributed by atoms with Crippen LogP contribution in [0, 0.1) is 5.82 Å². The lowest BCUT2D eigenvalue weighted by molar-refractivity contribution is 0.0623. The van der Waals surface area contributed by atoms with Crippen molar-refractivity contribution in [2.24, 2.45) is 0 Å². The van der Waals surface area contributed by atoms with Gasteiger partial charge in [-0.3, -0.25) is 9.69 Å². The number of hydrogen-bond donors (Lipinski definition) is 0. The third-order valence-corrected chi connectivity index (χ3v) is 6.53. The molecule has 3 aromatic rings. The minimum absolute atomic E-state index is 0.0758. The van der Waals surface area contributed by atoms with Crippen LogP contribution >= 0.6 is 11.3 Å². The number of hydrogen-bond acceptors (Lipinski definition) is 7. The van der Waals surface area contributed by atoms with Gasteiger partial charge in [0.25, 0.3) is 5.91 Å². The molecule has 33 heavy (non-hydrogen) atoms. The average Bonchev–Trinajstić information content (AvgIpc) is 3.34. The van der Waals surface area contributed by atoms with E-state index in [1.54, 1.807) is 25.7 Å². The number of methoxy groups -OCH3 is 3. The maximum Gasteiger partial charge on any atom is 0.273 e. The van der Waals surface area contributed by atoms with Gasteiger partial charge in [0.2, 0.25) is 0 Å². The Morgan fingerprint density at radius 1 is 0.970 bits per heavy atom. The van der Waals surface area contributed by atoms with E-state index >= 15 is 0 Å². The molecule has 1 aliphatic heterocycles. The van der Waals surface area contributed by atoms with Gasteiger partial charge in [-0.2, -0.15) is 0 Å². The summed E-state index contributed by atoms with van der Waals surface area (Å²) in [6.07, 6.45) is 0. The Hall–Kier alpha value is -3.17. The third kappa shape index (κ3) is 5.09. The van der Waals surface area contributed by atoms with Crippen molar-refractivity contribution in [1.82, 2.24) is 14.8 Å². The lowest BCUT2D eigenvalue weighted by atomic mass is 10.1. The van der Waals surface area contributed by atoms with Gasteiger partial charge in [-0.05, 0) is 35.9 Å². The molecular formula is C24H26FN3O4S. The van der Waals surface area contributed by atoms with Crippen molar-refractivity contribution in [2.45, 2.75) is 6.54 Å². The molecule has 0 saturated carbocycles. The molecule has 1 saturated heterocycles. The molecule has 0 N–H and O–H groups in total. The highest BCUT2D eigenvalue weighted by Gasteiger charge is 2.24. The number of carbonyl (C=O) groups is 1. The number of piperazine rings is 1. The normalized spacial score (nSPS) is 14.2. The van der Waals surface area contributed by atoms with Crippen molar-refractivity contribution in [1.29, 1.82) is 0 Å². The first-order valence-electron chi connectivity index (χ1n) is 10.5. The Kier molecular flexibility index (Phi) is 7.10. The third-order valence-electron chi connectivity index (χ3n) is 5.64. The molecule has 1 fully saturated rings. The fourth-order valence-electron chi connectivity index (χ4n) is 3.81. The van der Waals surface area contributed by atoms with Crippen LogP contribution in [0.2, 0.25) is 0 Å². The molecule has 1 amide bonds. The maximum atomic E-state index is 13.9. The highest BCUT2D eigenvalue weighted by atomic mass is 32.1. The van der Waals surface area contributed by atoms with Crippen LogP contribution in [-0.4, -0.2) is 68.2 Å². The van der Waals surface area contributed by atoms with E-state index in [0.29, 0.717) is 49.9 Å². The SMILES string of the molecule is COc1ccc(CN2CCN(C(=O)c3csc(-c4ccc(OC)c(OC)c4)n3)CC2)cc1F. The number of nitrogens with zero attached hydrogens (tertiary/aromatic N) is 3. The number of halogens is 1. The Bertz CT molecular complexity index is 1130. The average molecular weight is 472 g/mol. The van der Waals surface area contributed by atoms with Gasteiger partial charge in [0, 0.05) is 43.7 Å². The molecule has 0 bridgehead atoms. The Morgan fingerprint density at radius 2 is 1.67 bits per heavy atom. The summed E-state index contributed by atoms with van der Waals surface area (Å²) in [6.45, 7) is 3.25. The molecule has 2 heterocycles. The van der Waals surface area contributed by atoms with Crippen LogP contribution in [0.5, 0.6) is 17.2 Å². The van der Waals surface area contributed by atoms with E-state index in [4.69, 9.17) is 14.2 Å². The fraction of sp³-hybridized carbons (Fsp3) is 0.333. The van der Waals surface area contributed by atoms with Gasteiger partial charge in [0.1, 0.15) is 10.7 Å². The second-order valence-electron chi connectivity index (χ2n) is 7.64. The summed E-state index contributed by atoms with van der Waals surface area (Å²) in [7, 11) is 4.63. The van der Waals surface area contributed by atoms with Crippen molar-refractivity contribution in [3.05, 3.63) is 58.9 Å². The molecule has 0 radical (unpaired) electrons. The molecule has 7 nitrogen and oxygen atoms in total. The first-order chi connectivity index (χ1) is 16.0. The van der Waals surface area contributed by atoms with E-state index in [0.717, 1.165) is 16.1 Å². The first kappa shape index (κ1) is 23.0. The molecule has 1 aliphatic rings. The topological polar surface area (TPSA) is 64.1 Å². The minimum atomic E-state index is -0.363. The van der Waals surface area contributed by atoms with Crippen LogP contribution in [-0.2, 0) is 6.54 Å². The molecule has 0 unspecified atom stereocenters. The van der Waals surface area contributed by atoms with Gasteiger partial charge >= 0.3 is 0 Å². The van der Waals surface area contributed by atoms with Crippen molar-refractivity contribution in [3.8, 4) is 27.8 Å². The van der Waals surface area contributed by atoms with Gasteiger partial charge < -0.3 is 19.1 Å². The summed E-state index contributed by atoms with van der Waals surface area (Å²) in [5.74, 6) is 1.06. The van der Waals surface area contributed by atoms with Crippen LogP contribution < -0.4 is 14.2 Å². The molecule has 4 rings (SSSR count). The number of carbonyl (C=O) groups excluding carboxylic acids is 1. The Morgan fingerprint density at radius 3 is 2.33 bits per heavy atom. The minimum Gasteiger partial charge on any atom is -0.494 e. The number of rotatable bonds is 7. The van der Waals surface area contributed by atoms with Gasteiger partial charge in [0.05, 0.1) is 21.3 Å². The summed E-state index contributed by atoms with van der Waals surface area (Å²) in [5.41, 5.74) is 2.19. The lowest BCUT2D eigenvalue weighted by Crippen LogP contribution is -2.48. The molecule has 1 aromatic heterocycles. The van der Waals surface area contributed by atoms with Gasteiger partial charge in [0.15, 0.2) is 23.1 Å². The van der Waals surface area contributed by atoms with Crippen LogP contribution in [0.3, 0.4) is 0 Å². The number of benzene rings is 2. The summed E-state index contributed by atoms with van der Waals surface area (Å²) < 4.78 is 29.6. The predicted molar refractivity (Wildman–Crippen MR) is 125 cm³/mol. The van der Waals surface area contributed by atoms with Crippen molar-refractivity contribution in [2.75, 3.05) is 47.5 Å². The molecule has 9 heteroatoms. The van der Waals surface area contributed by atoms with Crippen LogP contribution in [0.4, 0.5) is 4.39 Å². The highest BCUT2D eigenvalue weighted by molar-refractivity contribution is 7.13. The van der Waals surface area contributed by atoms with E-state index in [-0.39, 0.29) is 17.5 Å². The van der Waals surface area contributed by atoms with Crippen molar-refractivity contribution >= 4 is 17.2 Å². The molecule has 0 spiro atoms. The van der Waals surface area contributed by atoms with Gasteiger partial charge in [-0.1, -0.05) is 6.07 Å². The monoisotopic (exact) mass is 471 g/mol. The number of aromatic nitrogens is 1. The second-order valence-corrected chi connectivity index (χ2v) is 8.50. The second kappa shape index (κ2) is 10.2. The quantitative estimate of drug-likeness (QED) is 0.520. The summed E-state index contributed by atoms with van der Waals surface area (Å²) >= 11 is 1.42.